The second-order valence-corrected chi connectivity index (χ2v) is 6.58. The molecule has 0 amide bonds. The van der Waals surface area contributed by atoms with Gasteiger partial charge in [0, 0.05) is 18.2 Å². The van der Waals surface area contributed by atoms with Crippen LogP contribution < -0.4 is 14.8 Å². The summed E-state index contributed by atoms with van der Waals surface area (Å²) in [5, 5.41) is 13.1. The smallest absolute Gasteiger partial charge is 0.180 e. The first-order valence-electron chi connectivity index (χ1n) is 8.26. The molecule has 0 unspecified atom stereocenters. The highest BCUT2D eigenvalue weighted by Gasteiger charge is 2.15. The number of aliphatic hydroxyl groups is 1. The lowest BCUT2D eigenvalue weighted by atomic mass is 10.1. The van der Waals surface area contributed by atoms with Gasteiger partial charge in [0.1, 0.15) is 12.4 Å². The van der Waals surface area contributed by atoms with E-state index in [2.05, 4.69) is 5.32 Å². The van der Waals surface area contributed by atoms with E-state index in [1.165, 1.54) is 19.2 Å². The van der Waals surface area contributed by atoms with Gasteiger partial charge in [-0.25, -0.2) is 4.39 Å². The van der Waals surface area contributed by atoms with Gasteiger partial charge in [-0.2, -0.15) is 0 Å². The summed E-state index contributed by atoms with van der Waals surface area (Å²) in [6.07, 6.45) is 0.811. The Balaban J connectivity index is 2.16. The van der Waals surface area contributed by atoms with Gasteiger partial charge >= 0.3 is 0 Å². The largest absolute Gasteiger partial charge is 0.493 e. The normalized spacial score (nSPS) is 12.1. The van der Waals surface area contributed by atoms with E-state index >= 15 is 0 Å². The van der Waals surface area contributed by atoms with E-state index in [0.717, 1.165) is 12.0 Å². The van der Waals surface area contributed by atoms with Gasteiger partial charge in [-0.05, 0) is 36.2 Å². The molecular formula is C19H22Cl2FNO3. The van der Waals surface area contributed by atoms with Crippen LogP contribution in [-0.4, -0.2) is 24.9 Å². The average Bonchev–Trinajstić information content (AvgIpc) is 2.63. The zero-order valence-electron chi connectivity index (χ0n) is 14.7. The van der Waals surface area contributed by atoms with Crippen molar-refractivity contribution in [1.29, 1.82) is 0 Å². The van der Waals surface area contributed by atoms with Crippen molar-refractivity contribution in [1.82, 2.24) is 5.32 Å². The molecule has 0 heterocycles. The molecule has 1 atom stereocenters. The van der Waals surface area contributed by atoms with Crippen LogP contribution in [0, 0.1) is 5.82 Å². The Bertz CT molecular complexity index is 719. The average molecular weight is 402 g/mol. The first-order valence-corrected chi connectivity index (χ1v) is 9.02. The van der Waals surface area contributed by atoms with Crippen LogP contribution in [0.2, 0.25) is 10.0 Å². The maximum atomic E-state index is 13.9. The summed E-state index contributed by atoms with van der Waals surface area (Å²) in [7, 11) is 1.51. The van der Waals surface area contributed by atoms with Crippen LogP contribution in [-0.2, 0) is 13.2 Å². The molecule has 2 rings (SSSR count). The van der Waals surface area contributed by atoms with Crippen molar-refractivity contribution in [3.8, 4) is 11.5 Å². The molecule has 0 aliphatic rings. The summed E-state index contributed by atoms with van der Waals surface area (Å²) < 4.78 is 24.9. The molecule has 0 radical (unpaired) electrons. The summed E-state index contributed by atoms with van der Waals surface area (Å²) in [6, 6.07) is 8.01. The molecule has 142 valence electrons. The Morgan fingerprint density at radius 1 is 1.23 bits per heavy atom. The van der Waals surface area contributed by atoms with Gasteiger partial charge in [0.05, 0.1) is 23.8 Å². The zero-order chi connectivity index (χ0) is 19.1. The molecule has 0 fully saturated rings. The van der Waals surface area contributed by atoms with E-state index in [0.29, 0.717) is 23.1 Å². The number of halogens is 3. The highest BCUT2D eigenvalue weighted by molar-refractivity contribution is 6.32. The van der Waals surface area contributed by atoms with Crippen LogP contribution in [0.5, 0.6) is 11.5 Å². The van der Waals surface area contributed by atoms with Gasteiger partial charge in [0.2, 0.25) is 0 Å². The molecule has 0 aliphatic heterocycles. The van der Waals surface area contributed by atoms with Crippen LogP contribution in [0.1, 0.15) is 24.5 Å². The number of methoxy groups -OCH3 is 1. The summed E-state index contributed by atoms with van der Waals surface area (Å²) >= 11 is 12.4. The molecular weight excluding hydrogens is 380 g/mol. The Kier molecular flexibility index (Phi) is 7.97. The maximum Gasteiger partial charge on any atom is 0.180 e. The Morgan fingerprint density at radius 3 is 2.62 bits per heavy atom. The minimum atomic E-state index is -0.442. The third-order valence-corrected chi connectivity index (χ3v) is 4.65. The van der Waals surface area contributed by atoms with Crippen LogP contribution in [0.4, 0.5) is 4.39 Å². The number of hydrogen-bond donors (Lipinski definition) is 2. The van der Waals surface area contributed by atoms with Gasteiger partial charge in [0.25, 0.3) is 0 Å². The number of benzene rings is 2. The summed E-state index contributed by atoms with van der Waals surface area (Å²) in [6.45, 7) is 2.51. The fourth-order valence-electron chi connectivity index (χ4n) is 2.43. The highest BCUT2D eigenvalue weighted by atomic mass is 35.5. The summed E-state index contributed by atoms with van der Waals surface area (Å²) in [4.78, 5) is 0. The van der Waals surface area contributed by atoms with Crippen LogP contribution >= 0.6 is 23.2 Å². The molecule has 0 saturated carbocycles. The number of rotatable bonds is 9. The molecule has 0 aromatic heterocycles. The SMILES string of the molecule is CC[C@H](CO)NCc1cc(Cl)c(OCc2c(F)cccc2Cl)c(OC)c1. The molecule has 0 bridgehead atoms. The fraction of sp³-hybridized carbons (Fsp3) is 0.368. The maximum absolute atomic E-state index is 13.9. The van der Waals surface area contributed by atoms with E-state index in [1.807, 2.05) is 6.92 Å². The fourth-order valence-corrected chi connectivity index (χ4v) is 2.94. The second-order valence-electron chi connectivity index (χ2n) is 5.77. The van der Waals surface area contributed by atoms with Crippen molar-refractivity contribution in [2.75, 3.05) is 13.7 Å². The lowest BCUT2D eigenvalue weighted by Gasteiger charge is -2.17. The second kappa shape index (κ2) is 9.97. The van der Waals surface area contributed by atoms with Gasteiger partial charge < -0.3 is 19.9 Å². The molecule has 26 heavy (non-hydrogen) atoms. The third kappa shape index (κ3) is 5.24. The Morgan fingerprint density at radius 2 is 2.00 bits per heavy atom. The van der Waals surface area contributed by atoms with Crippen molar-refractivity contribution in [2.45, 2.75) is 32.5 Å². The predicted octanol–water partition coefficient (Wildman–Crippen LogP) is 4.58. The highest BCUT2D eigenvalue weighted by Crippen LogP contribution is 2.37. The molecule has 2 aromatic carbocycles. The topological polar surface area (TPSA) is 50.7 Å². The molecule has 2 aromatic rings. The zero-order valence-corrected chi connectivity index (χ0v) is 16.2. The van der Waals surface area contributed by atoms with Crippen molar-refractivity contribution < 1.29 is 19.0 Å². The van der Waals surface area contributed by atoms with Crippen molar-refractivity contribution >= 4 is 23.2 Å². The molecule has 4 nitrogen and oxygen atoms in total. The molecule has 2 N–H and O–H groups in total. The molecule has 0 spiro atoms. The number of ether oxygens (including phenoxy) is 2. The van der Waals surface area contributed by atoms with Gasteiger partial charge in [-0.1, -0.05) is 36.2 Å². The van der Waals surface area contributed by atoms with Gasteiger partial charge in [-0.3, -0.25) is 0 Å². The monoisotopic (exact) mass is 401 g/mol. The van der Waals surface area contributed by atoms with Crippen molar-refractivity contribution in [3.05, 3.63) is 57.3 Å². The Hall–Kier alpha value is -1.53. The number of aliphatic hydroxyl groups excluding tert-OH is 1. The van der Waals surface area contributed by atoms with Crippen molar-refractivity contribution in [3.63, 3.8) is 0 Å². The van der Waals surface area contributed by atoms with E-state index in [-0.39, 0.29) is 29.8 Å². The summed E-state index contributed by atoms with van der Waals surface area (Å²) in [5.74, 6) is 0.327. The van der Waals surface area contributed by atoms with Crippen LogP contribution in [0.25, 0.3) is 0 Å². The lowest BCUT2D eigenvalue weighted by Crippen LogP contribution is -2.31. The molecule has 0 aliphatic carbocycles. The van der Waals surface area contributed by atoms with E-state index in [9.17, 15) is 9.50 Å². The standard InChI is InChI=1S/C19H22Cl2FNO3/c1-3-13(10-24)23-9-12-7-16(21)19(18(8-12)25-2)26-11-14-15(20)5-4-6-17(14)22/h4-8,13,23-24H,3,9-11H2,1-2H3/t13-/m1/s1. The minimum absolute atomic E-state index is 0.0129. The van der Waals surface area contributed by atoms with Crippen LogP contribution in [0.3, 0.4) is 0 Å². The van der Waals surface area contributed by atoms with E-state index in [1.54, 1.807) is 18.2 Å². The predicted molar refractivity (Wildman–Crippen MR) is 102 cm³/mol. The third-order valence-electron chi connectivity index (χ3n) is 4.02. The first kappa shape index (κ1) is 20.8. The summed E-state index contributed by atoms with van der Waals surface area (Å²) in [5.41, 5.74) is 1.14. The van der Waals surface area contributed by atoms with Gasteiger partial charge in [-0.15, -0.1) is 0 Å². The number of hydrogen-bond acceptors (Lipinski definition) is 4. The number of nitrogens with one attached hydrogen (secondary N) is 1. The molecule has 0 saturated heterocycles. The van der Waals surface area contributed by atoms with Crippen molar-refractivity contribution in [2.24, 2.45) is 0 Å². The minimum Gasteiger partial charge on any atom is -0.493 e. The molecule has 7 heteroatoms. The van der Waals surface area contributed by atoms with Gasteiger partial charge in [0.15, 0.2) is 11.5 Å². The Labute approximate surface area is 162 Å². The van der Waals surface area contributed by atoms with Crippen LogP contribution in [0.15, 0.2) is 30.3 Å². The van der Waals surface area contributed by atoms with E-state index < -0.39 is 5.82 Å². The first-order chi connectivity index (χ1) is 12.5. The quantitative estimate of drug-likeness (QED) is 0.645. The van der Waals surface area contributed by atoms with E-state index in [4.69, 9.17) is 32.7 Å². The lowest BCUT2D eigenvalue weighted by molar-refractivity contribution is 0.238.